The third kappa shape index (κ3) is 4.42. The normalized spacial score (nSPS) is 25.2. The van der Waals surface area contributed by atoms with E-state index in [2.05, 4.69) is 10.6 Å². The van der Waals surface area contributed by atoms with Gasteiger partial charge in [-0.05, 0) is 70.2 Å². The summed E-state index contributed by atoms with van der Waals surface area (Å²) in [6.45, 7) is 5.02. The van der Waals surface area contributed by atoms with E-state index in [0.717, 1.165) is 30.8 Å². The first kappa shape index (κ1) is 18.8. The van der Waals surface area contributed by atoms with Gasteiger partial charge < -0.3 is 10.6 Å². The fourth-order valence-electron chi connectivity index (χ4n) is 3.64. The molecule has 1 amide bonds. The quantitative estimate of drug-likeness (QED) is 0.781. The molecule has 2 N–H and O–H groups in total. The smallest absolute Gasteiger partial charge is 0.253 e. The molecule has 2 saturated heterocycles. The van der Waals surface area contributed by atoms with Crippen molar-refractivity contribution in [3.63, 3.8) is 0 Å². The van der Waals surface area contributed by atoms with E-state index in [1.807, 2.05) is 6.92 Å². The van der Waals surface area contributed by atoms with Gasteiger partial charge in [-0.3, -0.25) is 4.79 Å². The Kier molecular flexibility index (Phi) is 6.14. The zero-order chi connectivity index (χ0) is 17.9. The SMILES string of the molecule is Cc1ccc(S(=O)(=O)N2CCCC2C(=O)NCCC2CCCNC2)s1. The summed E-state index contributed by atoms with van der Waals surface area (Å²) in [6, 6.07) is 2.87. The van der Waals surface area contributed by atoms with Crippen LogP contribution in [0.15, 0.2) is 16.3 Å². The number of carbonyl (C=O) groups excluding carboxylic acids is 1. The predicted octanol–water partition coefficient (Wildman–Crippen LogP) is 1.72. The summed E-state index contributed by atoms with van der Waals surface area (Å²) < 4.78 is 27.4. The molecule has 0 spiro atoms. The molecule has 0 saturated carbocycles. The van der Waals surface area contributed by atoms with Crippen molar-refractivity contribution in [2.45, 2.75) is 49.3 Å². The number of hydrogen-bond acceptors (Lipinski definition) is 5. The van der Waals surface area contributed by atoms with E-state index in [1.165, 1.54) is 28.5 Å². The van der Waals surface area contributed by atoms with E-state index in [0.29, 0.717) is 29.6 Å². The zero-order valence-corrected chi connectivity index (χ0v) is 16.3. The Bertz CT molecular complexity index is 696. The molecule has 0 aromatic carbocycles. The second kappa shape index (κ2) is 8.16. The number of aryl methyl sites for hydroxylation is 1. The van der Waals surface area contributed by atoms with Crippen LogP contribution in [0.4, 0.5) is 0 Å². The summed E-state index contributed by atoms with van der Waals surface area (Å²) in [4.78, 5) is 13.5. The number of thiophene rings is 1. The number of amides is 1. The van der Waals surface area contributed by atoms with Crippen LogP contribution in [0.5, 0.6) is 0 Å². The van der Waals surface area contributed by atoms with E-state index in [-0.39, 0.29) is 5.91 Å². The summed E-state index contributed by atoms with van der Waals surface area (Å²) in [6.07, 6.45) is 4.66. The molecule has 3 heterocycles. The van der Waals surface area contributed by atoms with Crippen LogP contribution in [0.3, 0.4) is 0 Å². The molecule has 8 heteroatoms. The van der Waals surface area contributed by atoms with Crippen LogP contribution in [0, 0.1) is 12.8 Å². The molecule has 2 aliphatic heterocycles. The maximum atomic E-state index is 12.8. The molecular formula is C17H27N3O3S2. The van der Waals surface area contributed by atoms with Crippen molar-refractivity contribution in [2.75, 3.05) is 26.2 Å². The summed E-state index contributed by atoms with van der Waals surface area (Å²) in [5.41, 5.74) is 0. The lowest BCUT2D eigenvalue weighted by atomic mass is 9.96. The van der Waals surface area contributed by atoms with Gasteiger partial charge in [0.2, 0.25) is 5.91 Å². The molecule has 2 atom stereocenters. The molecule has 0 bridgehead atoms. The minimum absolute atomic E-state index is 0.155. The highest BCUT2D eigenvalue weighted by Crippen LogP contribution is 2.30. The fraction of sp³-hybridized carbons (Fsp3) is 0.706. The van der Waals surface area contributed by atoms with Crippen LogP contribution >= 0.6 is 11.3 Å². The number of sulfonamides is 1. The monoisotopic (exact) mass is 385 g/mol. The summed E-state index contributed by atoms with van der Waals surface area (Å²) in [7, 11) is -3.58. The molecule has 1 aromatic heterocycles. The summed E-state index contributed by atoms with van der Waals surface area (Å²) in [5.74, 6) is 0.449. The van der Waals surface area contributed by atoms with Crippen LogP contribution in [-0.4, -0.2) is 50.9 Å². The molecule has 0 radical (unpaired) electrons. The Morgan fingerprint density at radius 3 is 2.88 bits per heavy atom. The van der Waals surface area contributed by atoms with Crippen molar-refractivity contribution in [3.05, 3.63) is 17.0 Å². The second-order valence-electron chi connectivity index (χ2n) is 6.93. The maximum absolute atomic E-state index is 12.8. The van der Waals surface area contributed by atoms with E-state index >= 15 is 0 Å². The first-order valence-electron chi connectivity index (χ1n) is 9.05. The Hall–Kier alpha value is -0.960. The van der Waals surface area contributed by atoms with Gasteiger partial charge in [-0.1, -0.05) is 0 Å². The van der Waals surface area contributed by atoms with Crippen molar-refractivity contribution in [1.29, 1.82) is 0 Å². The third-order valence-electron chi connectivity index (χ3n) is 5.04. The van der Waals surface area contributed by atoms with Crippen LogP contribution < -0.4 is 10.6 Å². The van der Waals surface area contributed by atoms with Gasteiger partial charge in [0.15, 0.2) is 0 Å². The first-order valence-corrected chi connectivity index (χ1v) is 11.3. The van der Waals surface area contributed by atoms with Gasteiger partial charge in [0.25, 0.3) is 10.0 Å². The standard InChI is InChI=1S/C17H27N3O3S2/c1-13-6-7-16(24-13)25(22,23)20-11-3-5-15(20)17(21)19-10-8-14-4-2-9-18-12-14/h6-7,14-15,18H,2-5,8-12H2,1H3,(H,19,21). The van der Waals surface area contributed by atoms with Gasteiger partial charge in [0.1, 0.15) is 10.3 Å². The summed E-state index contributed by atoms with van der Waals surface area (Å²) in [5, 5.41) is 6.34. The van der Waals surface area contributed by atoms with Crippen molar-refractivity contribution in [3.8, 4) is 0 Å². The van der Waals surface area contributed by atoms with E-state index in [9.17, 15) is 13.2 Å². The minimum Gasteiger partial charge on any atom is -0.355 e. The predicted molar refractivity (Wildman–Crippen MR) is 99.2 cm³/mol. The highest BCUT2D eigenvalue weighted by molar-refractivity contribution is 7.91. The molecule has 2 fully saturated rings. The Labute approximate surface area is 154 Å². The molecule has 2 unspecified atom stereocenters. The zero-order valence-electron chi connectivity index (χ0n) is 14.7. The lowest BCUT2D eigenvalue weighted by Crippen LogP contribution is -2.46. The van der Waals surface area contributed by atoms with Gasteiger partial charge in [-0.2, -0.15) is 4.31 Å². The highest BCUT2D eigenvalue weighted by Gasteiger charge is 2.39. The van der Waals surface area contributed by atoms with Crippen LogP contribution in [0.1, 0.15) is 37.0 Å². The molecule has 25 heavy (non-hydrogen) atoms. The molecule has 140 valence electrons. The average Bonchev–Trinajstić information content (AvgIpc) is 3.25. The van der Waals surface area contributed by atoms with Crippen LogP contribution in [0.25, 0.3) is 0 Å². The molecule has 6 nitrogen and oxygen atoms in total. The van der Waals surface area contributed by atoms with Crippen LogP contribution in [-0.2, 0) is 14.8 Å². The third-order valence-corrected chi connectivity index (χ3v) is 8.41. The number of nitrogens with one attached hydrogen (secondary N) is 2. The lowest BCUT2D eigenvalue weighted by molar-refractivity contribution is -0.124. The highest BCUT2D eigenvalue weighted by atomic mass is 32.2. The number of piperidine rings is 1. The molecule has 1 aromatic rings. The molecular weight excluding hydrogens is 358 g/mol. The van der Waals surface area contributed by atoms with Gasteiger partial charge in [0.05, 0.1) is 0 Å². The summed E-state index contributed by atoms with van der Waals surface area (Å²) >= 11 is 1.26. The van der Waals surface area contributed by atoms with Crippen molar-refractivity contribution >= 4 is 27.3 Å². The van der Waals surface area contributed by atoms with E-state index < -0.39 is 16.1 Å². The Morgan fingerprint density at radius 1 is 1.36 bits per heavy atom. The van der Waals surface area contributed by atoms with Crippen molar-refractivity contribution in [2.24, 2.45) is 5.92 Å². The first-order chi connectivity index (χ1) is 12.0. The van der Waals surface area contributed by atoms with E-state index in [1.54, 1.807) is 12.1 Å². The Balaban J connectivity index is 1.58. The topological polar surface area (TPSA) is 78.5 Å². The van der Waals surface area contributed by atoms with Crippen molar-refractivity contribution < 1.29 is 13.2 Å². The van der Waals surface area contributed by atoms with E-state index in [4.69, 9.17) is 0 Å². The maximum Gasteiger partial charge on any atom is 0.253 e. The average molecular weight is 386 g/mol. The number of nitrogens with zero attached hydrogens (tertiary/aromatic N) is 1. The largest absolute Gasteiger partial charge is 0.355 e. The second-order valence-corrected chi connectivity index (χ2v) is 10.3. The molecule has 3 rings (SSSR count). The lowest BCUT2D eigenvalue weighted by Gasteiger charge is -2.25. The minimum atomic E-state index is -3.58. The van der Waals surface area contributed by atoms with Crippen LogP contribution in [0.2, 0.25) is 0 Å². The fourth-order valence-corrected chi connectivity index (χ4v) is 6.71. The number of rotatable bonds is 6. The van der Waals surface area contributed by atoms with Gasteiger partial charge in [-0.15, -0.1) is 11.3 Å². The van der Waals surface area contributed by atoms with Crippen molar-refractivity contribution in [1.82, 2.24) is 14.9 Å². The van der Waals surface area contributed by atoms with Gasteiger partial charge in [-0.25, -0.2) is 8.42 Å². The molecule has 0 aliphatic carbocycles. The van der Waals surface area contributed by atoms with Gasteiger partial charge in [0, 0.05) is 18.0 Å². The Morgan fingerprint density at radius 2 is 2.20 bits per heavy atom. The number of carbonyl (C=O) groups is 1. The van der Waals surface area contributed by atoms with Gasteiger partial charge >= 0.3 is 0 Å². The number of hydrogen-bond donors (Lipinski definition) is 2. The molecule has 2 aliphatic rings.